The van der Waals surface area contributed by atoms with Crippen LogP contribution in [0.25, 0.3) is 22.2 Å². The number of hydrogen-bond acceptors (Lipinski definition) is 4. The van der Waals surface area contributed by atoms with Gasteiger partial charge in [0, 0.05) is 6.42 Å². The second kappa shape index (κ2) is 9.03. The van der Waals surface area contributed by atoms with Crippen molar-refractivity contribution >= 4 is 22.7 Å². The average molecular weight is 481 g/mol. The molecule has 2 heterocycles. The summed E-state index contributed by atoms with van der Waals surface area (Å²) in [7, 11) is 0. The molecule has 0 bridgehead atoms. The predicted octanol–water partition coefficient (Wildman–Crippen LogP) is 5.97. The maximum Gasteiger partial charge on any atom is 0.490 e. The predicted molar refractivity (Wildman–Crippen MR) is 113 cm³/mol. The van der Waals surface area contributed by atoms with Crippen molar-refractivity contribution in [1.29, 1.82) is 0 Å². The van der Waals surface area contributed by atoms with Crippen molar-refractivity contribution in [3.05, 3.63) is 53.9 Å². The molecular formula is C23H20F5N3O3. The highest BCUT2D eigenvalue weighted by molar-refractivity contribution is 6.01. The summed E-state index contributed by atoms with van der Waals surface area (Å²) in [5.41, 5.74) is 2.54. The standard InChI is InChI=1S/C21H19F2N3O.C2HF3O2/c22-14-5-4-6-15(23)19(14)13-7-8-16-17(11-13)25-20(24-16)18-12-21(27-26-18)9-2-1-3-10-21;3-2(4,5)1(6)7/h4-8,11H,1-3,9-10,12H2,(H,24,25);(H,6,7). The fraction of sp³-hybridized carbons (Fsp3) is 0.348. The number of rotatable bonds is 2. The summed E-state index contributed by atoms with van der Waals surface area (Å²) in [4.78, 5) is 22.5. The molecular weight excluding hydrogens is 461 g/mol. The van der Waals surface area contributed by atoms with Gasteiger partial charge in [-0.3, -0.25) is 0 Å². The van der Waals surface area contributed by atoms with Crippen LogP contribution in [0.4, 0.5) is 22.0 Å². The number of oxime groups is 1. The van der Waals surface area contributed by atoms with Crippen molar-refractivity contribution in [3.8, 4) is 11.1 Å². The van der Waals surface area contributed by atoms with Crippen molar-refractivity contribution in [2.75, 3.05) is 0 Å². The molecule has 0 atom stereocenters. The number of imidazole rings is 1. The quantitative estimate of drug-likeness (QED) is 0.442. The van der Waals surface area contributed by atoms with Gasteiger partial charge in [0.15, 0.2) is 5.82 Å². The molecule has 11 heteroatoms. The highest BCUT2D eigenvalue weighted by Gasteiger charge is 2.41. The number of carboxylic acid groups (broad SMARTS) is 1. The molecule has 34 heavy (non-hydrogen) atoms. The van der Waals surface area contributed by atoms with E-state index in [9.17, 15) is 22.0 Å². The number of H-pyrrole nitrogens is 1. The third kappa shape index (κ3) is 4.87. The number of benzene rings is 2. The molecule has 1 spiro atoms. The van der Waals surface area contributed by atoms with Crippen LogP contribution in [0.2, 0.25) is 0 Å². The zero-order chi connectivity index (χ0) is 24.5. The van der Waals surface area contributed by atoms with E-state index >= 15 is 0 Å². The second-order valence-corrected chi connectivity index (χ2v) is 8.27. The Balaban J connectivity index is 0.000000344. The summed E-state index contributed by atoms with van der Waals surface area (Å²) in [6.07, 6.45) is 1.30. The van der Waals surface area contributed by atoms with Gasteiger partial charge in [0.05, 0.1) is 16.6 Å². The van der Waals surface area contributed by atoms with Crippen LogP contribution in [-0.4, -0.2) is 38.5 Å². The minimum atomic E-state index is -5.08. The summed E-state index contributed by atoms with van der Waals surface area (Å²) in [6.45, 7) is 0. The maximum atomic E-state index is 14.1. The summed E-state index contributed by atoms with van der Waals surface area (Å²) in [6, 6.07) is 9.05. The Labute approximate surface area is 190 Å². The molecule has 0 saturated heterocycles. The molecule has 1 aromatic heterocycles. The molecule has 1 aliphatic heterocycles. The number of carbonyl (C=O) groups is 1. The van der Waals surface area contributed by atoms with Crippen LogP contribution in [0, 0.1) is 11.6 Å². The lowest BCUT2D eigenvalue weighted by Crippen LogP contribution is -2.31. The van der Waals surface area contributed by atoms with E-state index in [1.165, 1.54) is 37.5 Å². The molecule has 0 radical (unpaired) electrons. The third-order valence-corrected chi connectivity index (χ3v) is 5.85. The minimum absolute atomic E-state index is 0.0294. The van der Waals surface area contributed by atoms with Gasteiger partial charge in [0.25, 0.3) is 0 Å². The normalized spacial score (nSPS) is 17.1. The van der Waals surface area contributed by atoms with Gasteiger partial charge in [-0.15, -0.1) is 0 Å². The van der Waals surface area contributed by atoms with Gasteiger partial charge in [-0.1, -0.05) is 23.7 Å². The smallest absolute Gasteiger partial charge is 0.475 e. The number of nitrogens with one attached hydrogen (secondary N) is 1. The van der Waals surface area contributed by atoms with E-state index in [0.29, 0.717) is 11.4 Å². The molecule has 180 valence electrons. The molecule has 6 nitrogen and oxygen atoms in total. The number of aromatic amines is 1. The van der Waals surface area contributed by atoms with Gasteiger partial charge >= 0.3 is 12.1 Å². The number of halogens is 5. The molecule has 2 aliphatic rings. The lowest BCUT2D eigenvalue weighted by molar-refractivity contribution is -0.192. The molecule has 5 rings (SSSR count). The van der Waals surface area contributed by atoms with Crippen molar-refractivity contribution in [2.45, 2.75) is 50.3 Å². The topological polar surface area (TPSA) is 87.6 Å². The monoisotopic (exact) mass is 481 g/mol. The molecule has 2 aromatic carbocycles. The number of aliphatic carboxylic acids is 1. The number of alkyl halides is 3. The summed E-state index contributed by atoms with van der Waals surface area (Å²) >= 11 is 0. The van der Waals surface area contributed by atoms with Gasteiger partial charge in [-0.25, -0.2) is 18.6 Å². The fourth-order valence-electron chi connectivity index (χ4n) is 4.19. The fourth-order valence-corrected chi connectivity index (χ4v) is 4.19. The Hall–Kier alpha value is -3.50. The van der Waals surface area contributed by atoms with Crippen molar-refractivity contribution < 1.29 is 36.7 Å². The zero-order valence-electron chi connectivity index (χ0n) is 17.8. The van der Waals surface area contributed by atoms with E-state index in [-0.39, 0.29) is 11.2 Å². The number of aromatic nitrogens is 2. The Morgan fingerprint density at radius 1 is 1.06 bits per heavy atom. The van der Waals surface area contributed by atoms with E-state index in [4.69, 9.17) is 14.7 Å². The molecule has 1 fully saturated rings. The van der Waals surface area contributed by atoms with E-state index in [0.717, 1.165) is 36.0 Å². The first kappa shape index (κ1) is 23.7. The van der Waals surface area contributed by atoms with Crippen LogP contribution in [0.1, 0.15) is 44.3 Å². The Morgan fingerprint density at radius 2 is 1.71 bits per heavy atom. The van der Waals surface area contributed by atoms with Crippen LogP contribution in [-0.2, 0) is 9.63 Å². The first-order valence-corrected chi connectivity index (χ1v) is 10.6. The highest BCUT2D eigenvalue weighted by atomic mass is 19.4. The minimum Gasteiger partial charge on any atom is -0.475 e. The Kier molecular flexibility index (Phi) is 6.28. The number of nitrogens with zero attached hydrogens (tertiary/aromatic N) is 2. The Bertz CT molecular complexity index is 1230. The number of fused-ring (bicyclic) bond motifs is 1. The first-order valence-electron chi connectivity index (χ1n) is 10.6. The zero-order valence-corrected chi connectivity index (χ0v) is 17.8. The lowest BCUT2D eigenvalue weighted by Gasteiger charge is -2.30. The van der Waals surface area contributed by atoms with E-state index in [1.54, 1.807) is 18.2 Å². The van der Waals surface area contributed by atoms with Gasteiger partial charge < -0.3 is 14.9 Å². The van der Waals surface area contributed by atoms with E-state index in [2.05, 4.69) is 15.1 Å². The van der Waals surface area contributed by atoms with Crippen LogP contribution >= 0.6 is 0 Å². The molecule has 3 aromatic rings. The maximum absolute atomic E-state index is 14.1. The number of hydrogen-bond donors (Lipinski definition) is 2. The van der Waals surface area contributed by atoms with Gasteiger partial charge in [0.2, 0.25) is 0 Å². The van der Waals surface area contributed by atoms with E-state index in [1.807, 2.05) is 0 Å². The molecule has 0 amide bonds. The van der Waals surface area contributed by atoms with Crippen LogP contribution in [0.15, 0.2) is 41.6 Å². The van der Waals surface area contributed by atoms with Gasteiger partial charge in [-0.2, -0.15) is 13.2 Å². The number of carboxylic acids is 1. The van der Waals surface area contributed by atoms with Gasteiger partial charge in [-0.05, 0) is 55.5 Å². The molecule has 1 saturated carbocycles. The summed E-state index contributed by atoms with van der Waals surface area (Å²) in [5.74, 6) is -3.25. The third-order valence-electron chi connectivity index (χ3n) is 5.85. The second-order valence-electron chi connectivity index (χ2n) is 8.27. The molecule has 0 unspecified atom stereocenters. The van der Waals surface area contributed by atoms with Crippen LogP contribution in [0.5, 0.6) is 0 Å². The SMILES string of the molecule is Fc1cccc(F)c1-c1ccc2nc(C3=NOC4(CCCCC4)C3)[nH]c2c1.O=C(O)C(F)(F)F. The highest BCUT2D eigenvalue weighted by Crippen LogP contribution is 2.39. The van der Waals surface area contributed by atoms with Crippen LogP contribution < -0.4 is 0 Å². The summed E-state index contributed by atoms with van der Waals surface area (Å²) < 4.78 is 59.9. The average Bonchev–Trinajstić information content (AvgIpc) is 3.38. The van der Waals surface area contributed by atoms with Crippen molar-refractivity contribution in [3.63, 3.8) is 0 Å². The molecule has 1 aliphatic carbocycles. The lowest BCUT2D eigenvalue weighted by atomic mass is 9.81. The van der Waals surface area contributed by atoms with Gasteiger partial charge in [0.1, 0.15) is 22.9 Å². The Morgan fingerprint density at radius 3 is 2.32 bits per heavy atom. The van der Waals surface area contributed by atoms with Crippen LogP contribution in [0.3, 0.4) is 0 Å². The van der Waals surface area contributed by atoms with E-state index < -0.39 is 23.8 Å². The van der Waals surface area contributed by atoms with Crippen molar-refractivity contribution in [1.82, 2.24) is 9.97 Å². The largest absolute Gasteiger partial charge is 0.490 e. The first-order chi connectivity index (χ1) is 16.1. The van der Waals surface area contributed by atoms with Crippen molar-refractivity contribution in [2.24, 2.45) is 5.16 Å². The summed E-state index contributed by atoms with van der Waals surface area (Å²) in [5, 5.41) is 11.4. The molecule has 2 N–H and O–H groups in total.